The zero-order valence-corrected chi connectivity index (χ0v) is 19.0. The zero-order chi connectivity index (χ0) is 23.8. The maximum atomic E-state index is 15.1. The Morgan fingerprint density at radius 1 is 1.24 bits per heavy atom. The lowest BCUT2D eigenvalue weighted by molar-refractivity contribution is 0.203. The van der Waals surface area contributed by atoms with E-state index in [-0.39, 0.29) is 5.56 Å². The van der Waals surface area contributed by atoms with E-state index in [1.165, 1.54) is 23.6 Å². The van der Waals surface area contributed by atoms with Gasteiger partial charge in [-0.1, -0.05) is 35.6 Å². The van der Waals surface area contributed by atoms with Crippen LogP contribution in [0.1, 0.15) is 24.3 Å². The molecule has 0 bridgehead atoms. The second kappa shape index (κ2) is 8.69. The molecule has 0 amide bonds. The summed E-state index contributed by atoms with van der Waals surface area (Å²) in [6.07, 6.45) is 3.44. The molecule has 0 saturated heterocycles. The maximum absolute atomic E-state index is 15.1. The number of imidazole rings is 1. The lowest BCUT2D eigenvalue weighted by Gasteiger charge is -2.14. The van der Waals surface area contributed by atoms with E-state index in [1.807, 2.05) is 47.0 Å². The van der Waals surface area contributed by atoms with Gasteiger partial charge in [0.05, 0.1) is 22.1 Å². The number of nitrogens with two attached hydrogens (primary N) is 1. The van der Waals surface area contributed by atoms with Gasteiger partial charge in [-0.05, 0) is 37.3 Å². The molecule has 0 aliphatic carbocycles. The number of pyridine rings is 1. The zero-order valence-electron chi connectivity index (χ0n) is 18.2. The van der Waals surface area contributed by atoms with Gasteiger partial charge >= 0.3 is 0 Å². The first-order chi connectivity index (χ1) is 16.4. The Morgan fingerprint density at radius 2 is 2.06 bits per heavy atom. The molecule has 0 fully saturated rings. The summed E-state index contributed by atoms with van der Waals surface area (Å²) in [5.74, 6) is -0.553. The molecule has 9 heteroatoms. The number of aliphatic hydroxyl groups is 1. The molecule has 5 N–H and O–H groups in total. The molecule has 3 heterocycles. The molecular weight excluding hydrogens is 451 g/mol. The summed E-state index contributed by atoms with van der Waals surface area (Å²) in [4.78, 5) is 8.82. The first kappa shape index (κ1) is 21.7. The summed E-state index contributed by atoms with van der Waals surface area (Å²) in [5.41, 5.74) is 10.7. The highest BCUT2D eigenvalue weighted by molar-refractivity contribution is 7.22. The summed E-state index contributed by atoms with van der Waals surface area (Å²) < 4.78 is 17.9. The lowest BCUT2D eigenvalue weighted by atomic mass is 10.1. The third-order valence-corrected chi connectivity index (χ3v) is 6.50. The van der Waals surface area contributed by atoms with Crippen LogP contribution < -0.4 is 11.1 Å². The van der Waals surface area contributed by atoms with Crippen molar-refractivity contribution >= 4 is 44.1 Å². The minimum Gasteiger partial charge on any atom is -0.402 e. The first-order valence-electron chi connectivity index (χ1n) is 10.5. The molecule has 0 spiro atoms. The number of aromatic nitrogens is 3. The van der Waals surface area contributed by atoms with E-state index in [1.54, 1.807) is 25.3 Å². The molecule has 34 heavy (non-hydrogen) atoms. The van der Waals surface area contributed by atoms with Crippen LogP contribution >= 0.6 is 11.3 Å². The van der Waals surface area contributed by atoms with Gasteiger partial charge in [0, 0.05) is 40.4 Å². The molecule has 5 aromatic rings. The van der Waals surface area contributed by atoms with Crippen LogP contribution in [-0.2, 0) is 0 Å². The number of halogens is 1. The largest absolute Gasteiger partial charge is 0.402 e. The summed E-state index contributed by atoms with van der Waals surface area (Å²) in [6, 6.07) is 16.0. The van der Waals surface area contributed by atoms with Crippen molar-refractivity contribution in [3.8, 4) is 11.3 Å². The van der Waals surface area contributed by atoms with Crippen molar-refractivity contribution in [1.82, 2.24) is 14.4 Å². The summed E-state index contributed by atoms with van der Waals surface area (Å²) in [5, 5.41) is 21.6. The van der Waals surface area contributed by atoms with Crippen LogP contribution in [0, 0.1) is 11.2 Å². The van der Waals surface area contributed by atoms with Crippen molar-refractivity contribution in [3.63, 3.8) is 0 Å². The number of nitrogens with zero attached hydrogens (tertiary/aromatic N) is 3. The van der Waals surface area contributed by atoms with Crippen LogP contribution in [-0.4, -0.2) is 25.7 Å². The Bertz CT molecular complexity index is 1530. The Kier molecular flexibility index (Phi) is 5.56. The molecule has 2 aromatic carbocycles. The van der Waals surface area contributed by atoms with E-state index in [2.05, 4.69) is 15.3 Å². The average molecular weight is 473 g/mol. The van der Waals surface area contributed by atoms with Crippen LogP contribution in [0.25, 0.3) is 32.7 Å². The predicted molar refractivity (Wildman–Crippen MR) is 134 cm³/mol. The molecule has 0 aliphatic rings. The molecule has 7 nitrogen and oxygen atoms in total. The highest BCUT2D eigenvalue weighted by atomic mass is 32.1. The molecule has 170 valence electrons. The second-order valence-corrected chi connectivity index (χ2v) is 8.83. The van der Waals surface area contributed by atoms with Crippen LogP contribution in [0.4, 0.5) is 9.52 Å². The van der Waals surface area contributed by atoms with Crippen LogP contribution in [0.2, 0.25) is 0 Å². The van der Waals surface area contributed by atoms with E-state index in [9.17, 15) is 5.11 Å². The van der Waals surface area contributed by atoms with E-state index in [0.29, 0.717) is 33.3 Å². The summed E-state index contributed by atoms with van der Waals surface area (Å²) in [6.45, 7) is 1.74. The standard InChI is InChI=1S/C25H21FN6OS/c1-14(28)18(11-27)16-7-9-23-29-12-21(32(23)13-16)15-6-8-17(19(26)10-15)24(33)31-25-30-20-4-2-3-5-22(20)34-25/h2-13,24,27,33H,28H2,1H3,(H,30,31). The number of benzene rings is 2. The fourth-order valence-corrected chi connectivity index (χ4v) is 4.70. The Labute approximate surface area is 198 Å². The quantitative estimate of drug-likeness (QED) is 0.201. The summed E-state index contributed by atoms with van der Waals surface area (Å²) >= 11 is 1.39. The Balaban J connectivity index is 1.46. The first-order valence-corrected chi connectivity index (χ1v) is 11.3. The highest BCUT2D eigenvalue weighted by Crippen LogP contribution is 2.30. The molecule has 0 aliphatic heterocycles. The van der Waals surface area contributed by atoms with Crippen molar-refractivity contribution in [2.75, 3.05) is 5.32 Å². The number of hydrogen-bond acceptors (Lipinski definition) is 7. The molecule has 1 atom stereocenters. The molecule has 0 saturated carbocycles. The van der Waals surface area contributed by atoms with Crippen LogP contribution in [0.3, 0.4) is 0 Å². The van der Waals surface area contributed by atoms with Gasteiger partial charge in [-0.2, -0.15) is 0 Å². The van der Waals surface area contributed by atoms with Gasteiger partial charge in [0.15, 0.2) is 11.4 Å². The van der Waals surface area contributed by atoms with Crippen molar-refractivity contribution in [2.24, 2.45) is 5.73 Å². The molecule has 0 radical (unpaired) electrons. The third kappa shape index (κ3) is 3.91. The van der Waals surface area contributed by atoms with Gasteiger partial charge in [-0.15, -0.1) is 0 Å². The molecule has 1 unspecified atom stereocenters. The minimum atomic E-state index is -1.25. The van der Waals surface area contributed by atoms with Crippen molar-refractivity contribution in [3.05, 3.63) is 89.6 Å². The smallest absolute Gasteiger partial charge is 0.186 e. The van der Waals surface area contributed by atoms with Crippen molar-refractivity contribution < 1.29 is 9.50 Å². The fourth-order valence-electron chi connectivity index (χ4n) is 3.82. The van der Waals surface area contributed by atoms with E-state index in [4.69, 9.17) is 11.1 Å². The van der Waals surface area contributed by atoms with Gasteiger partial charge in [-0.25, -0.2) is 14.4 Å². The van der Waals surface area contributed by atoms with Gasteiger partial charge < -0.3 is 21.6 Å². The van der Waals surface area contributed by atoms with Gasteiger partial charge in [0.2, 0.25) is 0 Å². The van der Waals surface area contributed by atoms with Crippen LogP contribution in [0.15, 0.2) is 72.7 Å². The fraction of sp³-hybridized carbons (Fsp3) is 0.0800. The number of hydrogen-bond donors (Lipinski definition) is 4. The Hall–Kier alpha value is -4.08. The van der Waals surface area contributed by atoms with Gasteiger partial charge in [0.1, 0.15) is 11.5 Å². The molecule has 3 aromatic heterocycles. The van der Waals surface area contributed by atoms with E-state index in [0.717, 1.165) is 15.8 Å². The average Bonchev–Trinajstić information content (AvgIpc) is 3.42. The number of aliphatic hydroxyl groups excluding tert-OH is 1. The number of allylic oxidation sites excluding steroid dienone is 2. The molecule has 5 rings (SSSR count). The second-order valence-electron chi connectivity index (χ2n) is 7.80. The van der Waals surface area contributed by atoms with Crippen molar-refractivity contribution in [2.45, 2.75) is 13.2 Å². The number of thiazole rings is 1. The summed E-state index contributed by atoms with van der Waals surface area (Å²) in [7, 11) is 0. The molecular formula is C25H21FN6OS. The predicted octanol–water partition coefficient (Wildman–Crippen LogP) is 5.19. The highest BCUT2D eigenvalue weighted by Gasteiger charge is 2.17. The number of rotatable bonds is 6. The number of anilines is 1. The Morgan fingerprint density at radius 3 is 2.79 bits per heavy atom. The van der Waals surface area contributed by atoms with Gasteiger partial charge in [-0.3, -0.25) is 4.40 Å². The van der Waals surface area contributed by atoms with Gasteiger partial charge in [0.25, 0.3) is 0 Å². The normalized spacial score (nSPS) is 13.1. The maximum Gasteiger partial charge on any atom is 0.186 e. The number of nitrogens with one attached hydrogen (secondary N) is 2. The van der Waals surface area contributed by atoms with Crippen molar-refractivity contribution in [1.29, 1.82) is 5.41 Å². The minimum absolute atomic E-state index is 0.116. The van der Waals surface area contributed by atoms with Crippen LogP contribution in [0.5, 0.6) is 0 Å². The topological polar surface area (TPSA) is 112 Å². The number of fused-ring (bicyclic) bond motifs is 2. The SMILES string of the molecule is CC(N)=C(C=N)c1ccc2ncc(-c3ccc(C(O)Nc4nc5ccccc5s4)c(F)c3)n2c1. The monoisotopic (exact) mass is 472 g/mol. The third-order valence-electron chi connectivity index (χ3n) is 5.53. The number of para-hydroxylation sites is 1. The van der Waals surface area contributed by atoms with E-state index >= 15 is 4.39 Å². The lowest BCUT2D eigenvalue weighted by Crippen LogP contribution is -2.11. The van der Waals surface area contributed by atoms with E-state index < -0.39 is 12.0 Å².